The SMILES string of the molecule is O=C([O-])C(c1ccccc1)C(c1ccccc1)c1ccccc1. The van der Waals surface area contributed by atoms with Crippen LogP contribution in [0.5, 0.6) is 0 Å². The van der Waals surface area contributed by atoms with Crippen molar-refractivity contribution in [3.05, 3.63) is 108 Å². The molecule has 1 atom stereocenters. The van der Waals surface area contributed by atoms with Crippen LogP contribution in [0.15, 0.2) is 91.0 Å². The number of carboxylic acids is 1. The maximum absolute atomic E-state index is 12.0. The van der Waals surface area contributed by atoms with Gasteiger partial charge in [-0.25, -0.2) is 0 Å². The number of hydrogen-bond donors (Lipinski definition) is 0. The van der Waals surface area contributed by atoms with Gasteiger partial charge in [0.2, 0.25) is 0 Å². The lowest BCUT2D eigenvalue weighted by Crippen LogP contribution is -2.34. The van der Waals surface area contributed by atoms with Crippen LogP contribution in [0.2, 0.25) is 0 Å². The minimum atomic E-state index is -1.06. The lowest BCUT2D eigenvalue weighted by atomic mass is 9.77. The number of carbonyl (C=O) groups is 1. The lowest BCUT2D eigenvalue weighted by Gasteiger charge is -2.29. The van der Waals surface area contributed by atoms with Crippen LogP contribution < -0.4 is 5.11 Å². The Morgan fingerprint density at radius 2 is 0.957 bits per heavy atom. The first-order valence-electron chi connectivity index (χ1n) is 7.63. The zero-order chi connectivity index (χ0) is 16.1. The fraction of sp³-hybridized carbons (Fsp3) is 0.0952. The highest BCUT2D eigenvalue weighted by Gasteiger charge is 2.27. The first-order chi connectivity index (χ1) is 11.3. The van der Waals surface area contributed by atoms with Crippen molar-refractivity contribution in [1.29, 1.82) is 0 Å². The summed E-state index contributed by atoms with van der Waals surface area (Å²) in [6.45, 7) is 0. The van der Waals surface area contributed by atoms with Gasteiger partial charge in [-0.05, 0) is 16.7 Å². The molecule has 3 aromatic carbocycles. The molecule has 0 aliphatic carbocycles. The van der Waals surface area contributed by atoms with Crippen molar-refractivity contribution in [2.45, 2.75) is 11.8 Å². The van der Waals surface area contributed by atoms with Crippen molar-refractivity contribution in [2.24, 2.45) is 0 Å². The van der Waals surface area contributed by atoms with Crippen LogP contribution in [-0.2, 0) is 4.79 Å². The average molecular weight is 301 g/mol. The topological polar surface area (TPSA) is 40.1 Å². The molecular weight excluding hydrogens is 284 g/mol. The average Bonchev–Trinajstić information content (AvgIpc) is 2.61. The van der Waals surface area contributed by atoms with Gasteiger partial charge in [0.05, 0.1) is 0 Å². The predicted molar refractivity (Wildman–Crippen MR) is 88.9 cm³/mol. The van der Waals surface area contributed by atoms with Gasteiger partial charge >= 0.3 is 0 Å². The van der Waals surface area contributed by atoms with Crippen molar-refractivity contribution in [1.82, 2.24) is 0 Å². The van der Waals surface area contributed by atoms with E-state index < -0.39 is 11.9 Å². The fourth-order valence-corrected chi connectivity index (χ4v) is 3.02. The van der Waals surface area contributed by atoms with E-state index in [0.717, 1.165) is 16.7 Å². The second-order valence-corrected chi connectivity index (χ2v) is 5.51. The third-order valence-corrected chi connectivity index (χ3v) is 4.06. The molecule has 0 aromatic heterocycles. The van der Waals surface area contributed by atoms with Gasteiger partial charge in [-0.3, -0.25) is 0 Å². The minimum absolute atomic E-state index is 0.287. The zero-order valence-electron chi connectivity index (χ0n) is 12.6. The molecular formula is C21H17O2-. The number of carbonyl (C=O) groups excluding carboxylic acids is 1. The summed E-state index contributed by atoms with van der Waals surface area (Å²) in [6, 6.07) is 28.8. The van der Waals surface area contributed by atoms with E-state index in [2.05, 4.69) is 0 Å². The number of hydrogen-bond acceptors (Lipinski definition) is 2. The maximum atomic E-state index is 12.0. The Hall–Kier alpha value is -2.87. The third kappa shape index (κ3) is 3.32. The summed E-state index contributed by atoms with van der Waals surface area (Å²) in [5.41, 5.74) is 2.69. The molecule has 0 spiro atoms. The van der Waals surface area contributed by atoms with Crippen LogP contribution in [0.25, 0.3) is 0 Å². The Labute approximate surface area is 136 Å². The predicted octanol–water partition coefficient (Wildman–Crippen LogP) is 3.35. The van der Waals surface area contributed by atoms with E-state index in [-0.39, 0.29) is 5.92 Å². The van der Waals surface area contributed by atoms with Gasteiger partial charge in [-0.15, -0.1) is 0 Å². The van der Waals surface area contributed by atoms with Gasteiger partial charge in [-0.1, -0.05) is 91.0 Å². The van der Waals surface area contributed by atoms with Crippen LogP contribution in [-0.4, -0.2) is 5.97 Å². The molecule has 2 heteroatoms. The number of rotatable bonds is 5. The molecule has 23 heavy (non-hydrogen) atoms. The fourth-order valence-electron chi connectivity index (χ4n) is 3.02. The zero-order valence-corrected chi connectivity index (χ0v) is 12.6. The van der Waals surface area contributed by atoms with Crippen molar-refractivity contribution in [3.63, 3.8) is 0 Å². The molecule has 2 nitrogen and oxygen atoms in total. The van der Waals surface area contributed by atoms with Crippen molar-refractivity contribution in [2.75, 3.05) is 0 Å². The van der Waals surface area contributed by atoms with Crippen molar-refractivity contribution >= 4 is 5.97 Å². The highest BCUT2D eigenvalue weighted by molar-refractivity contribution is 5.76. The Bertz CT molecular complexity index is 712. The van der Waals surface area contributed by atoms with Crippen molar-refractivity contribution in [3.8, 4) is 0 Å². The van der Waals surface area contributed by atoms with Crippen LogP contribution in [0.3, 0.4) is 0 Å². The number of benzene rings is 3. The first kappa shape index (κ1) is 15.0. The molecule has 0 aliphatic heterocycles. The molecule has 0 amide bonds. The largest absolute Gasteiger partial charge is 0.549 e. The van der Waals surface area contributed by atoms with Crippen molar-refractivity contribution < 1.29 is 9.90 Å². The summed E-state index contributed by atoms with van der Waals surface area (Å²) >= 11 is 0. The summed E-state index contributed by atoms with van der Waals surface area (Å²) in [7, 11) is 0. The van der Waals surface area contributed by atoms with E-state index in [0.29, 0.717) is 0 Å². The standard InChI is InChI=1S/C21H18O2/c22-21(23)20(18-14-8-3-9-15-18)19(16-10-4-1-5-11-16)17-12-6-2-7-13-17/h1-15,19-20H,(H,22,23)/p-1. The maximum Gasteiger partial charge on any atom is 0.0498 e. The highest BCUT2D eigenvalue weighted by atomic mass is 16.4. The Morgan fingerprint density at radius 1 is 0.609 bits per heavy atom. The first-order valence-corrected chi connectivity index (χ1v) is 7.63. The lowest BCUT2D eigenvalue weighted by molar-refractivity contribution is -0.308. The van der Waals surface area contributed by atoms with E-state index in [9.17, 15) is 9.90 Å². The van der Waals surface area contributed by atoms with Crippen LogP contribution in [0, 0.1) is 0 Å². The summed E-state index contributed by atoms with van der Waals surface area (Å²) < 4.78 is 0. The van der Waals surface area contributed by atoms with E-state index in [1.807, 2.05) is 91.0 Å². The molecule has 0 saturated carbocycles. The number of carboxylic acid groups (broad SMARTS) is 1. The van der Waals surface area contributed by atoms with E-state index >= 15 is 0 Å². The molecule has 1 unspecified atom stereocenters. The Kier molecular flexibility index (Phi) is 4.53. The van der Waals surface area contributed by atoms with Gasteiger partial charge in [0.15, 0.2) is 0 Å². The van der Waals surface area contributed by atoms with E-state index in [1.165, 1.54) is 0 Å². The molecule has 0 N–H and O–H groups in total. The molecule has 0 aliphatic rings. The molecule has 0 radical (unpaired) electrons. The summed E-state index contributed by atoms with van der Waals surface area (Å²) in [6.07, 6.45) is 0. The van der Waals surface area contributed by atoms with Gasteiger partial charge in [0.1, 0.15) is 0 Å². The van der Waals surface area contributed by atoms with Crippen LogP contribution >= 0.6 is 0 Å². The summed E-state index contributed by atoms with van der Waals surface area (Å²) in [5.74, 6) is -2.08. The Morgan fingerprint density at radius 3 is 1.30 bits per heavy atom. The molecule has 3 aromatic rings. The highest BCUT2D eigenvalue weighted by Crippen LogP contribution is 2.38. The van der Waals surface area contributed by atoms with Gasteiger partial charge in [-0.2, -0.15) is 0 Å². The second kappa shape index (κ2) is 6.93. The van der Waals surface area contributed by atoms with E-state index in [4.69, 9.17) is 0 Å². The molecule has 3 rings (SSSR count). The summed E-state index contributed by atoms with van der Waals surface area (Å²) in [4.78, 5) is 12.0. The second-order valence-electron chi connectivity index (χ2n) is 5.51. The smallest absolute Gasteiger partial charge is 0.0498 e. The summed E-state index contributed by atoms with van der Waals surface area (Å²) in [5, 5.41) is 12.0. The van der Waals surface area contributed by atoms with Gasteiger partial charge in [0.25, 0.3) is 0 Å². The van der Waals surface area contributed by atoms with E-state index in [1.54, 1.807) is 0 Å². The minimum Gasteiger partial charge on any atom is -0.549 e. The third-order valence-electron chi connectivity index (χ3n) is 4.06. The molecule has 114 valence electrons. The van der Waals surface area contributed by atoms with Crippen LogP contribution in [0.4, 0.5) is 0 Å². The molecule has 0 heterocycles. The molecule has 0 fully saturated rings. The molecule has 0 bridgehead atoms. The van der Waals surface area contributed by atoms with Gasteiger partial charge < -0.3 is 9.90 Å². The Balaban J connectivity index is 2.15. The van der Waals surface area contributed by atoms with Gasteiger partial charge in [0, 0.05) is 17.8 Å². The quantitative estimate of drug-likeness (QED) is 0.725. The number of aliphatic carboxylic acids is 1. The monoisotopic (exact) mass is 301 g/mol. The molecule has 0 saturated heterocycles. The van der Waals surface area contributed by atoms with Crippen LogP contribution in [0.1, 0.15) is 28.5 Å². The normalized spacial score (nSPS) is 12.0.